The molecule has 2 aromatic carbocycles. The molecule has 2 heterocycles. The van der Waals surface area contributed by atoms with Crippen molar-refractivity contribution in [2.45, 2.75) is 12.5 Å². The van der Waals surface area contributed by atoms with Gasteiger partial charge in [0.1, 0.15) is 29.3 Å². The fourth-order valence-corrected chi connectivity index (χ4v) is 3.19. The number of pyridine rings is 1. The molecule has 4 nitrogen and oxygen atoms in total. The van der Waals surface area contributed by atoms with E-state index < -0.39 is 29.5 Å². The molecule has 3 aromatic rings. The van der Waals surface area contributed by atoms with Crippen LogP contribution in [-0.4, -0.2) is 23.5 Å². The Hall–Kier alpha value is -3.35. The van der Waals surface area contributed by atoms with E-state index in [4.69, 9.17) is 4.74 Å². The minimum atomic E-state index is -0.811. The van der Waals surface area contributed by atoms with Gasteiger partial charge in [-0.2, -0.15) is 0 Å². The Morgan fingerprint density at radius 1 is 1.11 bits per heavy atom. The Morgan fingerprint density at radius 2 is 1.96 bits per heavy atom. The molecule has 7 heteroatoms. The summed E-state index contributed by atoms with van der Waals surface area (Å²) < 4.78 is 46.9. The Kier molecular flexibility index (Phi) is 4.73. The van der Waals surface area contributed by atoms with Gasteiger partial charge < -0.3 is 10.1 Å². The molecule has 0 spiro atoms. The van der Waals surface area contributed by atoms with Crippen molar-refractivity contribution in [1.29, 1.82) is 0 Å². The van der Waals surface area contributed by atoms with Gasteiger partial charge in [-0.25, -0.2) is 13.2 Å². The van der Waals surface area contributed by atoms with Gasteiger partial charge in [0.05, 0.1) is 17.8 Å². The molecule has 0 saturated heterocycles. The highest BCUT2D eigenvalue weighted by atomic mass is 19.1. The largest absolute Gasteiger partial charge is 0.487 e. The number of rotatable bonds is 4. The Morgan fingerprint density at radius 3 is 2.75 bits per heavy atom. The second-order valence-electron chi connectivity index (χ2n) is 6.43. The van der Waals surface area contributed by atoms with E-state index in [1.807, 2.05) is 0 Å². The van der Waals surface area contributed by atoms with Crippen LogP contribution in [0.3, 0.4) is 0 Å². The number of nitrogens with one attached hydrogen (secondary N) is 1. The van der Waals surface area contributed by atoms with Crippen LogP contribution in [0.5, 0.6) is 5.75 Å². The summed E-state index contributed by atoms with van der Waals surface area (Å²) in [5.41, 5.74) is 1.39. The summed E-state index contributed by atoms with van der Waals surface area (Å²) in [5, 5.41) is 2.54. The Balaban J connectivity index is 1.50. The molecule has 1 atom stereocenters. The minimum absolute atomic E-state index is 0.0622. The number of fused-ring (bicyclic) bond motifs is 1. The van der Waals surface area contributed by atoms with E-state index in [-0.39, 0.29) is 12.1 Å². The van der Waals surface area contributed by atoms with E-state index in [2.05, 4.69) is 10.3 Å². The third-order valence-electron chi connectivity index (χ3n) is 4.47. The maximum Gasteiger partial charge on any atom is 0.254 e. The van der Waals surface area contributed by atoms with Crippen molar-refractivity contribution >= 4 is 5.91 Å². The quantitative estimate of drug-likeness (QED) is 0.742. The first-order chi connectivity index (χ1) is 13.5. The maximum absolute atomic E-state index is 14.0. The second-order valence-corrected chi connectivity index (χ2v) is 6.43. The van der Waals surface area contributed by atoms with E-state index in [0.29, 0.717) is 29.0 Å². The number of nitrogens with zero attached hydrogens (tertiary/aromatic N) is 1. The first-order valence-electron chi connectivity index (χ1n) is 8.65. The maximum atomic E-state index is 14.0. The lowest BCUT2D eigenvalue weighted by Crippen LogP contribution is -2.34. The van der Waals surface area contributed by atoms with Gasteiger partial charge in [0.2, 0.25) is 0 Å². The number of aromatic nitrogens is 1. The number of hydrogen-bond acceptors (Lipinski definition) is 3. The molecule has 1 aliphatic rings. The number of hydrogen-bond donors (Lipinski definition) is 1. The molecule has 0 fully saturated rings. The highest BCUT2D eigenvalue weighted by Gasteiger charge is 2.28. The molecular weight excluding hydrogens is 369 g/mol. The number of carbonyl (C=O) groups excluding carboxylic acids is 1. The number of ether oxygens (including phenoxy) is 1. The standard InChI is InChI=1S/C21H15F3N2O2/c22-13-4-5-18(24)16(9-13)21(27)26-11-15-8-12-7-14(23)10-17(20(12)28-15)19-3-1-2-6-25-19/h1-7,9-10,15H,8,11H2,(H,26,27). The molecule has 1 N–H and O–H groups in total. The van der Waals surface area contributed by atoms with Gasteiger partial charge >= 0.3 is 0 Å². The van der Waals surface area contributed by atoms with Crippen molar-refractivity contribution in [1.82, 2.24) is 10.3 Å². The van der Waals surface area contributed by atoms with Gasteiger partial charge in [-0.1, -0.05) is 6.07 Å². The van der Waals surface area contributed by atoms with Crippen molar-refractivity contribution in [2.75, 3.05) is 6.54 Å². The first kappa shape index (κ1) is 18.0. The topological polar surface area (TPSA) is 51.2 Å². The lowest BCUT2D eigenvalue weighted by atomic mass is 10.0. The number of benzene rings is 2. The monoisotopic (exact) mass is 384 g/mol. The van der Waals surface area contributed by atoms with Crippen LogP contribution >= 0.6 is 0 Å². The van der Waals surface area contributed by atoms with E-state index >= 15 is 0 Å². The van der Waals surface area contributed by atoms with Crippen LogP contribution < -0.4 is 10.1 Å². The molecular formula is C21H15F3N2O2. The summed E-state index contributed by atoms with van der Waals surface area (Å²) in [6.45, 7) is 0.0622. The van der Waals surface area contributed by atoms with Crippen LogP contribution in [0.4, 0.5) is 13.2 Å². The number of amides is 1. The van der Waals surface area contributed by atoms with Gasteiger partial charge in [-0.05, 0) is 42.5 Å². The van der Waals surface area contributed by atoms with Crippen molar-refractivity contribution in [2.24, 2.45) is 0 Å². The van der Waals surface area contributed by atoms with Crippen molar-refractivity contribution in [3.05, 3.63) is 83.3 Å². The Bertz CT molecular complexity index is 1040. The van der Waals surface area contributed by atoms with Gasteiger partial charge in [-0.15, -0.1) is 0 Å². The molecule has 1 aliphatic heterocycles. The SMILES string of the molecule is O=C(NCC1Cc2cc(F)cc(-c3ccccn3)c2O1)c1cc(F)ccc1F. The number of halogens is 3. The molecule has 4 rings (SSSR count). The third-order valence-corrected chi connectivity index (χ3v) is 4.47. The predicted molar refractivity (Wildman–Crippen MR) is 96.4 cm³/mol. The molecule has 1 amide bonds. The van der Waals surface area contributed by atoms with Gasteiger partial charge in [0.15, 0.2) is 0 Å². The zero-order valence-electron chi connectivity index (χ0n) is 14.6. The molecule has 0 bridgehead atoms. The highest BCUT2D eigenvalue weighted by Crippen LogP contribution is 2.38. The smallest absolute Gasteiger partial charge is 0.254 e. The fraction of sp³-hybridized carbons (Fsp3) is 0.143. The zero-order valence-corrected chi connectivity index (χ0v) is 14.6. The van der Waals surface area contributed by atoms with Crippen LogP contribution in [0.2, 0.25) is 0 Å². The third kappa shape index (κ3) is 3.55. The second kappa shape index (κ2) is 7.34. The van der Waals surface area contributed by atoms with Crippen molar-refractivity contribution in [3.8, 4) is 17.0 Å². The van der Waals surface area contributed by atoms with Crippen molar-refractivity contribution < 1.29 is 22.7 Å². The normalized spacial score (nSPS) is 15.0. The van der Waals surface area contributed by atoms with Gasteiger partial charge in [0.25, 0.3) is 5.91 Å². The summed E-state index contributed by atoms with van der Waals surface area (Å²) in [4.78, 5) is 16.4. The van der Waals surface area contributed by atoms with Crippen LogP contribution in [0.15, 0.2) is 54.7 Å². The predicted octanol–water partition coefficient (Wildman–Crippen LogP) is 3.90. The molecule has 0 aliphatic carbocycles. The van der Waals surface area contributed by atoms with Gasteiger partial charge in [-0.3, -0.25) is 9.78 Å². The van der Waals surface area contributed by atoms with E-state index in [1.54, 1.807) is 24.4 Å². The highest BCUT2D eigenvalue weighted by molar-refractivity contribution is 5.94. The minimum Gasteiger partial charge on any atom is -0.487 e. The summed E-state index contributed by atoms with van der Waals surface area (Å²) in [5.74, 6) is -2.15. The van der Waals surface area contributed by atoms with Crippen molar-refractivity contribution in [3.63, 3.8) is 0 Å². The first-order valence-corrected chi connectivity index (χ1v) is 8.65. The number of carbonyl (C=O) groups is 1. The van der Waals surface area contributed by atoms with Crippen LogP contribution in [0.1, 0.15) is 15.9 Å². The van der Waals surface area contributed by atoms with E-state index in [9.17, 15) is 18.0 Å². The van der Waals surface area contributed by atoms with E-state index in [1.165, 1.54) is 12.1 Å². The molecule has 28 heavy (non-hydrogen) atoms. The molecule has 142 valence electrons. The molecule has 1 unspecified atom stereocenters. The summed E-state index contributed by atoms with van der Waals surface area (Å²) in [7, 11) is 0. The average Bonchev–Trinajstić information content (AvgIpc) is 3.10. The lowest BCUT2D eigenvalue weighted by Gasteiger charge is -2.13. The molecule has 0 radical (unpaired) electrons. The average molecular weight is 384 g/mol. The van der Waals surface area contributed by atoms with Gasteiger partial charge in [0, 0.05) is 23.7 Å². The van der Waals surface area contributed by atoms with Crippen LogP contribution in [0, 0.1) is 17.5 Å². The summed E-state index contributed by atoms with van der Waals surface area (Å²) in [6, 6.07) is 10.7. The van der Waals surface area contributed by atoms with Crippen LogP contribution in [-0.2, 0) is 6.42 Å². The summed E-state index contributed by atoms with van der Waals surface area (Å²) in [6.07, 6.45) is 1.52. The molecule has 1 aromatic heterocycles. The zero-order chi connectivity index (χ0) is 19.7. The van der Waals surface area contributed by atoms with Crippen LogP contribution in [0.25, 0.3) is 11.3 Å². The lowest BCUT2D eigenvalue weighted by molar-refractivity contribution is 0.0929. The Labute approximate surface area is 159 Å². The van der Waals surface area contributed by atoms with E-state index in [0.717, 1.165) is 18.2 Å². The molecule has 0 saturated carbocycles. The summed E-state index contributed by atoms with van der Waals surface area (Å²) >= 11 is 0. The fourth-order valence-electron chi connectivity index (χ4n) is 3.19.